The van der Waals surface area contributed by atoms with Crippen molar-refractivity contribution in [2.75, 3.05) is 31.6 Å². The van der Waals surface area contributed by atoms with E-state index in [0.29, 0.717) is 24.3 Å². The van der Waals surface area contributed by atoms with E-state index in [-0.39, 0.29) is 35.4 Å². The van der Waals surface area contributed by atoms with Crippen LogP contribution in [0.1, 0.15) is 17.3 Å². The Hall–Kier alpha value is -2.90. The van der Waals surface area contributed by atoms with Crippen LogP contribution in [0.3, 0.4) is 0 Å². The van der Waals surface area contributed by atoms with Crippen LogP contribution in [0, 0.1) is 0 Å². The van der Waals surface area contributed by atoms with E-state index in [9.17, 15) is 19.5 Å². The van der Waals surface area contributed by atoms with Gasteiger partial charge in [0.2, 0.25) is 0 Å². The first-order chi connectivity index (χ1) is 13.7. The van der Waals surface area contributed by atoms with Crippen LogP contribution in [0.25, 0.3) is 11.3 Å². The zero-order chi connectivity index (χ0) is 22.4. The molecule has 1 aromatic heterocycles. The van der Waals surface area contributed by atoms with E-state index < -0.39 is 11.9 Å². The lowest BCUT2D eigenvalue weighted by Crippen LogP contribution is -2.21. The summed E-state index contributed by atoms with van der Waals surface area (Å²) in [5, 5.41) is 37.4. The van der Waals surface area contributed by atoms with E-state index >= 15 is 0 Å². The number of nitrogens with two attached hydrogens (primary N) is 2. The number of rotatable bonds is 5. The molecule has 160 valence electrons. The van der Waals surface area contributed by atoms with Gasteiger partial charge in [-0.2, -0.15) is 0 Å². The molecule has 11 nitrogen and oxygen atoms in total. The minimum atomic E-state index is -1.60. The number of aromatic hydroxyl groups is 1. The number of carbonyl (C=O) groups excluding carboxylic acids is 2. The highest BCUT2D eigenvalue weighted by Gasteiger charge is 2.15. The van der Waals surface area contributed by atoms with Crippen molar-refractivity contribution in [2.24, 2.45) is 11.5 Å². The number of amides is 1. The number of aromatic nitrogens is 1. The number of ketones is 1. The molecule has 0 bridgehead atoms. The number of aliphatic carboxylic acids is 1. The maximum absolute atomic E-state index is 11.4. The first-order valence-corrected chi connectivity index (χ1v) is 9.05. The van der Waals surface area contributed by atoms with E-state index in [2.05, 4.69) is 10.3 Å². The number of benzene rings is 1. The molecule has 0 aliphatic heterocycles. The van der Waals surface area contributed by atoms with E-state index in [0.717, 1.165) is 11.3 Å². The molecule has 2 rings (SSSR count). The molecule has 0 spiro atoms. The fourth-order valence-corrected chi connectivity index (χ4v) is 2.31. The second-order valence-corrected chi connectivity index (χ2v) is 5.97. The fourth-order valence-electron chi connectivity index (χ4n) is 1.59. The summed E-state index contributed by atoms with van der Waals surface area (Å²) in [5.41, 5.74) is 10.8. The van der Waals surface area contributed by atoms with Crippen LogP contribution < -0.4 is 16.8 Å². The Balaban J connectivity index is 0.000000837. The number of thiazole rings is 1. The number of phenols is 1. The minimum absolute atomic E-state index is 0.0972. The Morgan fingerprint density at radius 3 is 2.14 bits per heavy atom. The Morgan fingerprint density at radius 2 is 1.69 bits per heavy atom. The number of nitrogens with zero attached hydrogens (tertiary/aromatic N) is 1. The van der Waals surface area contributed by atoms with Gasteiger partial charge in [-0.3, -0.25) is 14.9 Å². The molecule has 2 aromatic rings. The van der Waals surface area contributed by atoms with Crippen molar-refractivity contribution >= 4 is 34.1 Å². The van der Waals surface area contributed by atoms with Gasteiger partial charge in [-0.25, -0.2) is 9.78 Å². The summed E-state index contributed by atoms with van der Waals surface area (Å²) in [6.07, 6.45) is 0. The lowest BCUT2D eigenvalue weighted by molar-refractivity contribution is -0.147. The largest absolute Gasteiger partial charge is 0.507 e. The van der Waals surface area contributed by atoms with Gasteiger partial charge >= 0.3 is 11.9 Å². The highest BCUT2D eigenvalue weighted by atomic mass is 32.1. The number of phenolic OH excluding ortho intramolecular Hbond substituents is 1. The van der Waals surface area contributed by atoms with E-state index in [4.69, 9.17) is 26.8 Å². The maximum atomic E-state index is 11.4. The van der Waals surface area contributed by atoms with Crippen molar-refractivity contribution in [3.05, 3.63) is 29.1 Å². The summed E-state index contributed by atoms with van der Waals surface area (Å²) in [4.78, 5) is 36.9. The first kappa shape index (κ1) is 26.1. The normalized spacial score (nSPS) is 9.41. The number of carboxylic acids is 1. The van der Waals surface area contributed by atoms with Crippen molar-refractivity contribution in [1.82, 2.24) is 4.98 Å². The second-order valence-electron chi connectivity index (χ2n) is 5.11. The molecule has 0 fully saturated rings. The summed E-state index contributed by atoms with van der Waals surface area (Å²) < 4.78 is 0. The number of anilines is 1. The van der Waals surface area contributed by atoms with Crippen molar-refractivity contribution in [3.63, 3.8) is 0 Å². The smallest absolute Gasteiger partial charge is 0.394 e. The van der Waals surface area contributed by atoms with Crippen molar-refractivity contribution in [3.8, 4) is 17.0 Å². The quantitative estimate of drug-likeness (QED) is 0.242. The number of Topliss-reactive ketones (excluding diaryl/α,β-unsaturated/α-hetero) is 1. The lowest BCUT2D eigenvalue weighted by atomic mass is 10.1. The van der Waals surface area contributed by atoms with Gasteiger partial charge in [-0.05, 0) is 25.1 Å². The summed E-state index contributed by atoms with van der Waals surface area (Å²) in [7, 11) is 0. The van der Waals surface area contributed by atoms with Gasteiger partial charge in [0.1, 0.15) is 5.75 Å². The Kier molecular flexibility index (Phi) is 12.7. The molecule has 0 aliphatic carbocycles. The molecule has 0 atom stereocenters. The average Bonchev–Trinajstić information content (AvgIpc) is 3.16. The zero-order valence-electron chi connectivity index (χ0n) is 15.7. The molecule has 29 heavy (non-hydrogen) atoms. The highest BCUT2D eigenvalue weighted by molar-refractivity contribution is 7.14. The third kappa shape index (κ3) is 9.73. The molecule has 9 N–H and O–H groups in total. The van der Waals surface area contributed by atoms with Gasteiger partial charge in [-0.15, -0.1) is 11.3 Å². The molecule has 0 aliphatic rings. The molecule has 0 saturated carbocycles. The molecular weight excluding hydrogens is 404 g/mol. The molecule has 1 aromatic carbocycles. The van der Waals surface area contributed by atoms with E-state index in [1.807, 2.05) is 0 Å². The summed E-state index contributed by atoms with van der Waals surface area (Å²) in [6.45, 7) is 2.28. The van der Waals surface area contributed by atoms with Crippen LogP contribution in [-0.2, 0) is 9.59 Å². The fraction of sp³-hybridized carbons (Fsp3) is 0.294. The minimum Gasteiger partial charge on any atom is -0.507 e. The molecule has 0 radical (unpaired) electrons. The van der Waals surface area contributed by atoms with E-state index in [1.165, 1.54) is 19.1 Å². The second kappa shape index (κ2) is 14.1. The Labute approximate surface area is 170 Å². The molecule has 1 amide bonds. The number of nitrogens with one attached hydrogen (secondary N) is 1. The van der Waals surface area contributed by atoms with Gasteiger partial charge in [-0.1, -0.05) is 0 Å². The number of hydrogen-bond acceptors (Lipinski definition) is 10. The van der Waals surface area contributed by atoms with Gasteiger partial charge in [0, 0.05) is 24.0 Å². The topological polar surface area (TPSA) is 209 Å². The number of carbonyl (C=O) groups is 3. The van der Waals surface area contributed by atoms with Gasteiger partial charge in [0.25, 0.3) is 0 Å². The Morgan fingerprint density at radius 1 is 1.14 bits per heavy atom. The molecule has 12 heteroatoms. The summed E-state index contributed by atoms with van der Waals surface area (Å²) in [5.74, 6) is -3.19. The molecular formula is C17H24N4O7S. The van der Waals surface area contributed by atoms with E-state index in [1.54, 1.807) is 11.4 Å². The number of aliphatic hydroxyl groups excluding tert-OH is 2. The SMILES string of the molecule is CC(=O)c1cc(-c2csc(NC(=O)C(=O)O)n2)ccc1O.NCCO.NCCO. The third-order valence-electron chi connectivity index (χ3n) is 2.85. The molecule has 0 saturated heterocycles. The molecule has 1 heterocycles. The predicted octanol–water partition coefficient (Wildman–Crippen LogP) is -0.384. The highest BCUT2D eigenvalue weighted by Crippen LogP contribution is 2.28. The van der Waals surface area contributed by atoms with Crippen molar-refractivity contribution in [1.29, 1.82) is 0 Å². The lowest BCUT2D eigenvalue weighted by Gasteiger charge is -2.03. The van der Waals surface area contributed by atoms with Crippen molar-refractivity contribution < 1.29 is 34.8 Å². The predicted molar refractivity (Wildman–Crippen MR) is 108 cm³/mol. The number of aliphatic hydroxyl groups is 2. The molecule has 0 unspecified atom stereocenters. The van der Waals surface area contributed by atoms with Gasteiger partial charge in [0.15, 0.2) is 10.9 Å². The third-order valence-corrected chi connectivity index (χ3v) is 3.61. The average molecular weight is 428 g/mol. The first-order valence-electron chi connectivity index (χ1n) is 8.17. The maximum Gasteiger partial charge on any atom is 0.394 e. The van der Waals surface area contributed by atoms with Crippen LogP contribution >= 0.6 is 11.3 Å². The zero-order valence-corrected chi connectivity index (χ0v) is 16.5. The van der Waals surface area contributed by atoms with Crippen LogP contribution in [0.5, 0.6) is 5.75 Å². The van der Waals surface area contributed by atoms with Crippen LogP contribution in [0.15, 0.2) is 23.6 Å². The van der Waals surface area contributed by atoms with Gasteiger partial charge < -0.3 is 31.9 Å². The number of carboxylic acid groups (broad SMARTS) is 1. The monoisotopic (exact) mass is 428 g/mol. The Bertz CT molecular complexity index is 803. The van der Waals surface area contributed by atoms with Crippen LogP contribution in [0.4, 0.5) is 5.13 Å². The standard InChI is InChI=1S/C13H10N2O5S.2C2H7NO/c1-6(16)8-4-7(2-3-10(8)17)9-5-21-13(14-9)15-11(18)12(19)20;2*3-1-2-4/h2-5,17H,1H3,(H,19,20)(H,14,15,18);2*4H,1-3H2. The summed E-state index contributed by atoms with van der Waals surface area (Å²) >= 11 is 1.05. The summed E-state index contributed by atoms with van der Waals surface area (Å²) in [6, 6.07) is 4.43. The van der Waals surface area contributed by atoms with Gasteiger partial charge in [0.05, 0.1) is 24.5 Å². The number of hydrogen-bond donors (Lipinski definition) is 7. The van der Waals surface area contributed by atoms with Crippen molar-refractivity contribution in [2.45, 2.75) is 6.92 Å². The van der Waals surface area contributed by atoms with Crippen LogP contribution in [-0.4, -0.2) is 69.4 Å². The van der Waals surface area contributed by atoms with Crippen LogP contribution in [0.2, 0.25) is 0 Å².